The lowest BCUT2D eigenvalue weighted by Gasteiger charge is -2.18. The van der Waals surface area contributed by atoms with Crippen LogP contribution >= 0.6 is 11.3 Å². The van der Waals surface area contributed by atoms with Crippen LogP contribution in [-0.2, 0) is 11.2 Å². The van der Waals surface area contributed by atoms with E-state index in [1.165, 1.54) is 0 Å². The summed E-state index contributed by atoms with van der Waals surface area (Å²) in [6.45, 7) is 6.98. The Balaban J connectivity index is 2.48. The van der Waals surface area contributed by atoms with Crippen LogP contribution in [0.5, 0.6) is 0 Å². The highest BCUT2D eigenvalue weighted by atomic mass is 32.1. The van der Waals surface area contributed by atoms with Crippen LogP contribution in [0.4, 0.5) is 0 Å². The van der Waals surface area contributed by atoms with Gasteiger partial charge in [-0.3, -0.25) is 4.79 Å². The van der Waals surface area contributed by atoms with Gasteiger partial charge in [-0.2, -0.15) is 0 Å². The van der Waals surface area contributed by atoms with Gasteiger partial charge in [-0.1, -0.05) is 13.8 Å². The van der Waals surface area contributed by atoms with E-state index in [2.05, 4.69) is 18.8 Å². The molecule has 0 aromatic carbocycles. The van der Waals surface area contributed by atoms with E-state index in [1.54, 1.807) is 16.2 Å². The lowest BCUT2D eigenvalue weighted by atomic mass is 10.2. The second kappa shape index (κ2) is 5.26. The molecule has 0 aliphatic carbocycles. The van der Waals surface area contributed by atoms with Gasteiger partial charge in [-0.25, -0.2) is 4.98 Å². The summed E-state index contributed by atoms with van der Waals surface area (Å²) in [5.74, 6) is 0.658. The fourth-order valence-corrected chi connectivity index (χ4v) is 2.04. The highest BCUT2D eigenvalue weighted by molar-refractivity contribution is 7.09. The number of aromatic nitrogens is 1. The zero-order chi connectivity index (χ0) is 11.4. The first-order valence-corrected chi connectivity index (χ1v) is 6.02. The minimum Gasteiger partial charge on any atom is -0.345 e. The van der Waals surface area contributed by atoms with Gasteiger partial charge >= 0.3 is 0 Å². The molecular formula is C11H18N2OS. The second-order valence-corrected chi connectivity index (χ2v) is 5.26. The van der Waals surface area contributed by atoms with Gasteiger partial charge in [-0.05, 0) is 12.8 Å². The van der Waals surface area contributed by atoms with Crippen molar-refractivity contribution in [2.45, 2.75) is 27.2 Å². The number of aryl methyl sites for hydroxylation is 1. The molecule has 0 atom stereocenters. The Kier molecular flexibility index (Phi) is 4.27. The minimum absolute atomic E-state index is 0.147. The van der Waals surface area contributed by atoms with Gasteiger partial charge in [0.1, 0.15) is 0 Å². The number of carbonyl (C=O) groups is 1. The molecule has 0 bridgehead atoms. The van der Waals surface area contributed by atoms with Gasteiger partial charge in [0.05, 0.1) is 17.1 Å². The van der Waals surface area contributed by atoms with E-state index in [-0.39, 0.29) is 5.91 Å². The summed E-state index contributed by atoms with van der Waals surface area (Å²) in [6, 6.07) is 0. The lowest BCUT2D eigenvalue weighted by molar-refractivity contribution is -0.129. The van der Waals surface area contributed by atoms with Crippen molar-refractivity contribution in [3.05, 3.63) is 16.1 Å². The van der Waals surface area contributed by atoms with Gasteiger partial charge in [0.25, 0.3) is 0 Å². The predicted octanol–water partition coefficient (Wildman–Crippen LogP) is 2.11. The summed E-state index contributed by atoms with van der Waals surface area (Å²) >= 11 is 1.59. The van der Waals surface area contributed by atoms with Crippen LogP contribution in [0, 0.1) is 12.8 Å². The van der Waals surface area contributed by atoms with E-state index in [0.29, 0.717) is 12.3 Å². The molecule has 4 heteroatoms. The van der Waals surface area contributed by atoms with Crippen molar-refractivity contribution in [3.8, 4) is 0 Å². The number of hydrogen-bond donors (Lipinski definition) is 0. The van der Waals surface area contributed by atoms with Crippen LogP contribution in [0.2, 0.25) is 0 Å². The molecule has 0 aliphatic rings. The SMILES string of the molecule is Cc1nc(CC(=O)N(C)CC(C)C)cs1. The molecular weight excluding hydrogens is 208 g/mol. The summed E-state index contributed by atoms with van der Waals surface area (Å²) in [7, 11) is 1.85. The van der Waals surface area contributed by atoms with Crippen LogP contribution in [0.15, 0.2) is 5.38 Å². The standard InChI is InChI=1S/C11H18N2OS/c1-8(2)6-13(4)11(14)5-10-7-15-9(3)12-10/h7-8H,5-6H2,1-4H3. The van der Waals surface area contributed by atoms with Crippen LogP contribution in [0.25, 0.3) is 0 Å². The summed E-state index contributed by atoms with van der Waals surface area (Å²) in [4.78, 5) is 17.8. The van der Waals surface area contributed by atoms with E-state index in [9.17, 15) is 4.79 Å². The number of carbonyl (C=O) groups excluding carboxylic acids is 1. The smallest absolute Gasteiger partial charge is 0.228 e. The number of amides is 1. The largest absolute Gasteiger partial charge is 0.345 e. The van der Waals surface area contributed by atoms with Crippen molar-refractivity contribution in [2.75, 3.05) is 13.6 Å². The molecule has 0 unspecified atom stereocenters. The molecule has 0 N–H and O–H groups in total. The van der Waals surface area contributed by atoms with E-state index >= 15 is 0 Å². The summed E-state index contributed by atoms with van der Waals surface area (Å²) < 4.78 is 0. The van der Waals surface area contributed by atoms with Gasteiger partial charge in [0.2, 0.25) is 5.91 Å². The Hall–Kier alpha value is -0.900. The van der Waals surface area contributed by atoms with E-state index in [4.69, 9.17) is 0 Å². The molecule has 15 heavy (non-hydrogen) atoms. The third-order valence-corrected chi connectivity index (χ3v) is 2.89. The molecule has 1 rings (SSSR count). The topological polar surface area (TPSA) is 33.2 Å². The van der Waals surface area contributed by atoms with E-state index < -0.39 is 0 Å². The van der Waals surface area contributed by atoms with Crippen molar-refractivity contribution in [3.63, 3.8) is 0 Å². The molecule has 84 valence electrons. The zero-order valence-corrected chi connectivity index (χ0v) is 10.6. The molecule has 1 aromatic rings. The maximum Gasteiger partial charge on any atom is 0.228 e. The van der Waals surface area contributed by atoms with Gasteiger partial charge in [-0.15, -0.1) is 11.3 Å². The van der Waals surface area contributed by atoms with Crippen LogP contribution in [0.3, 0.4) is 0 Å². The lowest BCUT2D eigenvalue weighted by Crippen LogP contribution is -2.31. The number of rotatable bonds is 4. The van der Waals surface area contributed by atoms with Crippen molar-refractivity contribution in [2.24, 2.45) is 5.92 Å². The summed E-state index contributed by atoms with van der Waals surface area (Å²) in [5, 5.41) is 2.97. The Morgan fingerprint density at radius 3 is 2.73 bits per heavy atom. The number of likely N-dealkylation sites (N-methyl/N-ethyl adjacent to an activating group) is 1. The Bertz CT molecular complexity index is 333. The van der Waals surface area contributed by atoms with E-state index in [0.717, 1.165) is 17.2 Å². The first-order valence-electron chi connectivity index (χ1n) is 5.14. The van der Waals surface area contributed by atoms with Crippen molar-refractivity contribution >= 4 is 17.2 Å². The quantitative estimate of drug-likeness (QED) is 0.788. The van der Waals surface area contributed by atoms with Crippen LogP contribution < -0.4 is 0 Å². The molecule has 0 radical (unpaired) electrons. The average Bonchev–Trinajstić information content (AvgIpc) is 2.50. The Morgan fingerprint density at radius 2 is 2.27 bits per heavy atom. The molecule has 0 fully saturated rings. The number of thiazole rings is 1. The summed E-state index contributed by atoms with van der Waals surface area (Å²) in [5.41, 5.74) is 0.887. The molecule has 1 heterocycles. The average molecular weight is 226 g/mol. The third-order valence-electron chi connectivity index (χ3n) is 2.06. The summed E-state index contributed by atoms with van der Waals surface area (Å²) in [6.07, 6.45) is 0.424. The molecule has 0 saturated carbocycles. The highest BCUT2D eigenvalue weighted by Gasteiger charge is 2.12. The molecule has 1 aromatic heterocycles. The van der Waals surface area contributed by atoms with Gasteiger partial charge < -0.3 is 4.90 Å². The third kappa shape index (κ3) is 4.00. The van der Waals surface area contributed by atoms with E-state index in [1.807, 2.05) is 19.4 Å². The monoisotopic (exact) mass is 226 g/mol. The van der Waals surface area contributed by atoms with Gasteiger partial charge in [0, 0.05) is 19.0 Å². The Morgan fingerprint density at radius 1 is 1.60 bits per heavy atom. The normalized spacial score (nSPS) is 10.7. The highest BCUT2D eigenvalue weighted by Crippen LogP contribution is 2.09. The van der Waals surface area contributed by atoms with Crippen LogP contribution in [-0.4, -0.2) is 29.4 Å². The second-order valence-electron chi connectivity index (χ2n) is 4.20. The maximum absolute atomic E-state index is 11.7. The number of hydrogen-bond acceptors (Lipinski definition) is 3. The first-order chi connectivity index (χ1) is 6.99. The van der Waals surface area contributed by atoms with Crippen LogP contribution in [0.1, 0.15) is 24.5 Å². The first kappa shape index (κ1) is 12.2. The number of nitrogens with zero attached hydrogens (tertiary/aromatic N) is 2. The fraction of sp³-hybridized carbons (Fsp3) is 0.636. The maximum atomic E-state index is 11.7. The van der Waals surface area contributed by atoms with Gasteiger partial charge in [0.15, 0.2) is 0 Å². The van der Waals surface area contributed by atoms with Crippen molar-refractivity contribution < 1.29 is 4.79 Å². The Labute approximate surface area is 95.1 Å². The molecule has 3 nitrogen and oxygen atoms in total. The fourth-order valence-electron chi connectivity index (χ4n) is 1.43. The minimum atomic E-state index is 0.147. The van der Waals surface area contributed by atoms with Crippen molar-refractivity contribution in [1.82, 2.24) is 9.88 Å². The predicted molar refractivity (Wildman–Crippen MR) is 63.0 cm³/mol. The van der Waals surface area contributed by atoms with Crippen molar-refractivity contribution in [1.29, 1.82) is 0 Å². The molecule has 1 amide bonds. The molecule has 0 saturated heterocycles. The molecule has 0 spiro atoms. The zero-order valence-electron chi connectivity index (χ0n) is 9.78. The molecule has 0 aliphatic heterocycles.